The van der Waals surface area contributed by atoms with Gasteiger partial charge in [0.2, 0.25) is 5.95 Å². The van der Waals surface area contributed by atoms with Crippen molar-refractivity contribution in [3.63, 3.8) is 0 Å². The van der Waals surface area contributed by atoms with Crippen LogP contribution < -0.4 is 9.80 Å². The Labute approximate surface area is 214 Å². The standard InChI is InChI=1S/C24H31F4N5O3S/c1-16(2)20-15-32(18-4-5-19(25)21(12-18)37(3,34)35)6-7-33(20)23-29-13-17(22(30-23)24(26,27)28)14-31-8-10-36-11-9-31/h4-5,12-13,16,20H,6-11,14-15H2,1-3H3. The Balaban J connectivity index is 1.60. The molecule has 1 atom stereocenters. The van der Waals surface area contributed by atoms with Crippen molar-refractivity contribution in [2.24, 2.45) is 5.92 Å². The molecule has 2 aliphatic rings. The maximum atomic E-state index is 14.1. The van der Waals surface area contributed by atoms with E-state index < -0.39 is 27.5 Å². The van der Waals surface area contributed by atoms with E-state index in [0.717, 1.165) is 12.3 Å². The number of benzene rings is 1. The number of hydrogen-bond acceptors (Lipinski definition) is 8. The first-order valence-electron chi connectivity index (χ1n) is 12.1. The third kappa shape index (κ3) is 6.32. The van der Waals surface area contributed by atoms with Gasteiger partial charge in [-0.15, -0.1) is 0 Å². The highest BCUT2D eigenvalue weighted by molar-refractivity contribution is 7.90. The van der Waals surface area contributed by atoms with Crippen molar-refractivity contribution >= 4 is 21.5 Å². The van der Waals surface area contributed by atoms with E-state index in [9.17, 15) is 26.0 Å². The summed E-state index contributed by atoms with van der Waals surface area (Å²) in [6.07, 6.45) is -2.42. The molecule has 2 saturated heterocycles. The number of piperazine rings is 1. The zero-order valence-corrected chi connectivity index (χ0v) is 21.8. The molecule has 2 aromatic rings. The van der Waals surface area contributed by atoms with Gasteiger partial charge in [-0.25, -0.2) is 22.8 Å². The molecule has 1 aromatic heterocycles. The lowest BCUT2D eigenvalue weighted by Gasteiger charge is -2.44. The lowest BCUT2D eigenvalue weighted by molar-refractivity contribution is -0.142. The van der Waals surface area contributed by atoms with Crippen molar-refractivity contribution in [2.75, 3.05) is 62.0 Å². The second kappa shape index (κ2) is 10.7. The van der Waals surface area contributed by atoms with Crippen LogP contribution in [-0.2, 0) is 27.3 Å². The third-order valence-corrected chi connectivity index (χ3v) is 7.85. The maximum Gasteiger partial charge on any atom is 0.433 e. The summed E-state index contributed by atoms with van der Waals surface area (Å²) < 4.78 is 85.4. The lowest BCUT2D eigenvalue weighted by atomic mass is 9.99. The molecule has 3 heterocycles. The van der Waals surface area contributed by atoms with Gasteiger partial charge in [-0.2, -0.15) is 13.2 Å². The molecule has 1 unspecified atom stereocenters. The Morgan fingerprint density at radius 1 is 1.14 bits per heavy atom. The van der Waals surface area contributed by atoms with Crippen LogP contribution in [0, 0.1) is 11.7 Å². The molecule has 0 bridgehead atoms. The molecule has 0 N–H and O–H groups in total. The number of hydrogen-bond donors (Lipinski definition) is 0. The summed E-state index contributed by atoms with van der Waals surface area (Å²) in [5.41, 5.74) is -0.382. The summed E-state index contributed by atoms with van der Waals surface area (Å²) in [4.78, 5) is 13.5. The number of rotatable bonds is 6. The summed E-state index contributed by atoms with van der Waals surface area (Å²) in [7, 11) is -3.76. The van der Waals surface area contributed by atoms with E-state index in [4.69, 9.17) is 4.74 Å². The van der Waals surface area contributed by atoms with Crippen molar-refractivity contribution in [1.82, 2.24) is 14.9 Å². The number of halogens is 4. The Bertz CT molecular complexity index is 1220. The van der Waals surface area contributed by atoms with Crippen LogP contribution >= 0.6 is 0 Å². The predicted octanol–water partition coefficient (Wildman–Crippen LogP) is 3.22. The minimum atomic E-state index is -4.63. The van der Waals surface area contributed by atoms with E-state index in [-0.39, 0.29) is 34.9 Å². The van der Waals surface area contributed by atoms with Crippen LogP contribution in [0.15, 0.2) is 29.3 Å². The van der Waals surface area contributed by atoms with Crippen molar-refractivity contribution in [1.29, 1.82) is 0 Å². The number of alkyl halides is 3. The summed E-state index contributed by atoms with van der Waals surface area (Å²) in [5.74, 6) is -0.800. The largest absolute Gasteiger partial charge is 0.433 e. The van der Waals surface area contributed by atoms with Crippen LogP contribution in [0.25, 0.3) is 0 Å². The smallest absolute Gasteiger partial charge is 0.379 e. The van der Waals surface area contributed by atoms with Crippen LogP contribution in [0.4, 0.5) is 29.2 Å². The fourth-order valence-electron chi connectivity index (χ4n) is 4.73. The first-order chi connectivity index (χ1) is 17.3. The van der Waals surface area contributed by atoms with Gasteiger partial charge in [-0.05, 0) is 24.1 Å². The van der Waals surface area contributed by atoms with Crippen molar-refractivity contribution in [2.45, 2.75) is 37.5 Å². The molecule has 0 spiro atoms. The fraction of sp³-hybridized carbons (Fsp3) is 0.583. The molecule has 204 valence electrons. The molecule has 0 saturated carbocycles. The zero-order valence-electron chi connectivity index (χ0n) is 21.0. The van der Waals surface area contributed by atoms with Crippen LogP contribution in [0.5, 0.6) is 0 Å². The molecule has 37 heavy (non-hydrogen) atoms. The Hall–Kier alpha value is -2.51. The molecule has 13 heteroatoms. The van der Waals surface area contributed by atoms with E-state index in [2.05, 4.69) is 9.97 Å². The van der Waals surface area contributed by atoms with E-state index in [1.54, 1.807) is 4.90 Å². The summed E-state index contributed by atoms with van der Waals surface area (Å²) in [6, 6.07) is 3.67. The number of morpholine rings is 1. The van der Waals surface area contributed by atoms with Gasteiger partial charge in [0.25, 0.3) is 0 Å². The fourth-order valence-corrected chi connectivity index (χ4v) is 5.49. The highest BCUT2D eigenvalue weighted by Gasteiger charge is 2.38. The molecule has 0 aliphatic carbocycles. The summed E-state index contributed by atoms with van der Waals surface area (Å²) in [5, 5.41) is 0. The number of ether oxygens (including phenoxy) is 1. The van der Waals surface area contributed by atoms with Gasteiger partial charge in [0.05, 0.1) is 19.3 Å². The average Bonchev–Trinajstić information content (AvgIpc) is 2.83. The first-order valence-corrected chi connectivity index (χ1v) is 14.0. The molecule has 0 amide bonds. The van der Waals surface area contributed by atoms with Gasteiger partial charge in [-0.1, -0.05) is 13.8 Å². The lowest BCUT2D eigenvalue weighted by Crippen LogP contribution is -2.56. The Morgan fingerprint density at radius 2 is 1.84 bits per heavy atom. The number of aromatic nitrogens is 2. The monoisotopic (exact) mass is 545 g/mol. The normalized spacial score (nSPS) is 20.1. The second-order valence-electron chi connectivity index (χ2n) is 9.77. The van der Waals surface area contributed by atoms with Gasteiger partial charge < -0.3 is 14.5 Å². The van der Waals surface area contributed by atoms with Crippen LogP contribution in [0.2, 0.25) is 0 Å². The summed E-state index contributed by atoms with van der Waals surface area (Å²) >= 11 is 0. The second-order valence-corrected chi connectivity index (χ2v) is 11.8. The maximum absolute atomic E-state index is 14.1. The Kier molecular flexibility index (Phi) is 7.96. The minimum Gasteiger partial charge on any atom is -0.379 e. The van der Waals surface area contributed by atoms with Crippen LogP contribution in [0.3, 0.4) is 0 Å². The van der Waals surface area contributed by atoms with Gasteiger partial charge in [0.1, 0.15) is 10.7 Å². The molecule has 0 radical (unpaired) electrons. The SMILES string of the molecule is CC(C)C1CN(c2ccc(F)c(S(C)(=O)=O)c2)CCN1c1ncc(CN2CCOCC2)c(C(F)(F)F)n1. The highest BCUT2D eigenvalue weighted by atomic mass is 32.2. The van der Waals surface area contributed by atoms with Gasteiger partial charge >= 0.3 is 6.18 Å². The van der Waals surface area contributed by atoms with E-state index in [1.807, 2.05) is 23.6 Å². The molecular weight excluding hydrogens is 514 g/mol. The van der Waals surface area contributed by atoms with Crippen LogP contribution in [-0.4, -0.2) is 81.5 Å². The molecule has 4 rings (SSSR count). The summed E-state index contributed by atoms with van der Waals surface area (Å²) in [6.45, 7) is 7.09. The molecule has 2 aliphatic heterocycles. The van der Waals surface area contributed by atoms with E-state index in [0.29, 0.717) is 51.6 Å². The Morgan fingerprint density at radius 3 is 2.46 bits per heavy atom. The number of anilines is 2. The van der Waals surface area contributed by atoms with Crippen molar-refractivity contribution in [3.8, 4) is 0 Å². The van der Waals surface area contributed by atoms with Gasteiger partial charge in [0.15, 0.2) is 15.5 Å². The highest BCUT2D eigenvalue weighted by Crippen LogP contribution is 2.34. The van der Waals surface area contributed by atoms with Crippen molar-refractivity contribution < 1.29 is 30.7 Å². The average molecular weight is 546 g/mol. The van der Waals surface area contributed by atoms with E-state index in [1.165, 1.54) is 18.3 Å². The molecular formula is C24H31F4N5O3S. The van der Waals surface area contributed by atoms with E-state index >= 15 is 0 Å². The molecule has 1 aromatic carbocycles. The zero-order chi connectivity index (χ0) is 27.0. The molecule has 2 fully saturated rings. The quantitative estimate of drug-likeness (QED) is 0.513. The van der Waals surface area contributed by atoms with Gasteiger partial charge in [-0.3, -0.25) is 4.90 Å². The minimum absolute atomic E-state index is 0.00679. The predicted molar refractivity (Wildman–Crippen MR) is 131 cm³/mol. The van der Waals surface area contributed by atoms with Crippen LogP contribution in [0.1, 0.15) is 25.1 Å². The van der Waals surface area contributed by atoms with Crippen molar-refractivity contribution in [3.05, 3.63) is 41.5 Å². The first kappa shape index (κ1) is 27.5. The molecule has 8 nitrogen and oxygen atoms in total. The number of sulfone groups is 1. The topological polar surface area (TPSA) is 78.9 Å². The van der Waals surface area contributed by atoms with Gasteiger partial charge in [0, 0.05) is 63.0 Å². The third-order valence-electron chi connectivity index (χ3n) is 6.74. The number of nitrogens with zero attached hydrogens (tertiary/aromatic N) is 5.